The summed E-state index contributed by atoms with van der Waals surface area (Å²) in [4.78, 5) is 11.4. The molecule has 3 rings (SSSR count). The molecular formula is C21H22N2O2. The van der Waals surface area contributed by atoms with Crippen LogP contribution in [0, 0.1) is 13.8 Å². The average molecular weight is 334 g/mol. The zero-order chi connectivity index (χ0) is 18.1. The van der Waals surface area contributed by atoms with Crippen LogP contribution in [-0.2, 0) is 0 Å². The summed E-state index contributed by atoms with van der Waals surface area (Å²) in [5, 5.41) is 13.7. The van der Waals surface area contributed by atoms with Crippen LogP contribution in [0.25, 0.3) is 16.9 Å². The Labute approximate surface area is 147 Å². The van der Waals surface area contributed by atoms with E-state index in [-0.39, 0.29) is 5.69 Å². The van der Waals surface area contributed by atoms with Crippen LogP contribution in [0.4, 0.5) is 0 Å². The van der Waals surface area contributed by atoms with E-state index in [4.69, 9.17) is 0 Å². The minimum atomic E-state index is -1.03. The molecule has 4 nitrogen and oxygen atoms in total. The number of carboxylic acid groups (broad SMARTS) is 1. The molecule has 0 bridgehead atoms. The predicted molar refractivity (Wildman–Crippen MR) is 99.5 cm³/mol. The van der Waals surface area contributed by atoms with Gasteiger partial charge in [-0.25, -0.2) is 9.48 Å². The molecule has 1 aromatic heterocycles. The Balaban J connectivity index is 2.14. The molecule has 0 amide bonds. The largest absolute Gasteiger partial charge is 0.476 e. The second kappa shape index (κ2) is 6.55. The highest BCUT2D eigenvalue weighted by Crippen LogP contribution is 2.27. The summed E-state index contributed by atoms with van der Waals surface area (Å²) < 4.78 is 1.71. The number of nitrogens with zero attached hydrogens (tertiary/aromatic N) is 2. The van der Waals surface area contributed by atoms with Gasteiger partial charge < -0.3 is 5.11 Å². The lowest BCUT2D eigenvalue weighted by atomic mass is 10.0. The number of hydrogen-bond donors (Lipinski definition) is 1. The Bertz CT molecular complexity index is 922. The van der Waals surface area contributed by atoms with Gasteiger partial charge in [0, 0.05) is 5.56 Å². The van der Waals surface area contributed by atoms with Crippen molar-refractivity contribution in [1.29, 1.82) is 0 Å². The molecule has 2 aromatic carbocycles. The molecule has 0 saturated carbocycles. The summed E-state index contributed by atoms with van der Waals surface area (Å²) in [5.41, 5.74) is 6.21. The van der Waals surface area contributed by atoms with Crippen molar-refractivity contribution in [2.45, 2.75) is 33.6 Å². The highest BCUT2D eigenvalue weighted by molar-refractivity contribution is 5.87. The van der Waals surface area contributed by atoms with Gasteiger partial charge in [0.2, 0.25) is 0 Å². The van der Waals surface area contributed by atoms with Gasteiger partial charge in [-0.2, -0.15) is 5.10 Å². The van der Waals surface area contributed by atoms with Gasteiger partial charge in [-0.1, -0.05) is 44.2 Å². The van der Waals surface area contributed by atoms with Crippen molar-refractivity contribution in [2.24, 2.45) is 0 Å². The first-order valence-electron chi connectivity index (χ1n) is 8.38. The summed E-state index contributed by atoms with van der Waals surface area (Å²) in [6.07, 6.45) is 0. The minimum Gasteiger partial charge on any atom is -0.476 e. The Morgan fingerprint density at radius 2 is 1.68 bits per heavy atom. The van der Waals surface area contributed by atoms with E-state index in [2.05, 4.69) is 38.0 Å². The summed E-state index contributed by atoms with van der Waals surface area (Å²) in [6, 6.07) is 15.9. The fourth-order valence-electron chi connectivity index (χ4n) is 2.78. The molecule has 0 unspecified atom stereocenters. The van der Waals surface area contributed by atoms with Crippen molar-refractivity contribution in [3.8, 4) is 16.9 Å². The summed E-state index contributed by atoms with van der Waals surface area (Å²) in [6.45, 7) is 8.39. The number of aromatic nitrogens is 2. The monoisotopic (exact) mass is 334 g/mol. The molecule has 1 heterocycles. The van der Waals surface area contributed by atoms with Crippen LogP contribution in [0.5, 0.6) is 0 Å². The Kier molecular flexibility index (Phi) is 4.45. The third kappa shape index (κ3) is 3.33. The molecule has 25 heavy (non-hydrogen) atoms. The molecular weight excluding hydrogens is 312 g/mol. The lowest BCUT2D eigenvalue weighted by Crippen LogP contribution is -2.03. The SMILES string of the molecule is Cc1ccc(-n2nc(C(=O)O)cc2-c2ccc(C(C)C)cc2)cc1C. The Morgan fingerprint density at radius 3 is 2.24 bits per heavy atom. The standard InChI is InChI=1S/C21H22N2O2/c1-13(2)16-6-8-17(9-7-16)20-12-19(21(24)25)22-23(20)18-10-5-14(3)15(4)11-18/h5-13H,1-4H3,(H,24,25). The fraction of sp³-hybridized carbons (Fsp3) is 0.238. The van der Waals surface area contributed by atoms with Gasteiger partial charge in [-0.3, -0.25) is 0 Å². The quantitative estimate of drug-likeness (QED) is 0.732. The number of aromatic carboxylic acids is 1. The molecule has 0 aliphatic rings. The van der Waals surface area contributed by atoms with Gasteiger partial charge >= 0.3 is 5.97 Å². The van der Waals surface area contributed by atoms with E-state index < -0.39 is 5.97 Å². The van der Waals surface area contributed by atoms with Crippen LogP contribution in [0.3, 0.4) is 0 Å². The second-order valence-corrected chi connectivity index (χ2v) is 6.68. The maximum Gasteiger partial charge on any atom is 0.356 e. The first-order chi connectivity index (χ1) is 11.9. The minimum absolute atomic E-state index is 0.0427. The second-order valence-electron chi connectivity index (χ2n) is 6.68. The van der Waals surface area contributed by atoms with Crippen LogP contribution >= 0.6 is 0 Å². The number of carboxylic acids is 1. The van der Waals surface area contributed by atoms with Gasteiger partial charge in [0.1, 0.15) is 0 Å². The fourth-order valence-corrected chi connectivity index (χ4v) is 2.78. The van der Waals surface area contributed by atoms with E-state index in [0.717, 1.165) is 22.5 Å². The van der Waals surface area contributed by atoms with E-state index in [1.165, 1.54) is 11.1 Å². The molecule has 0 fully saturated rings. The Hall–Kier alpha value is -2.88. The molecule has 4 heteroatoms. The van der Waals surface area contributed by atoms with Crippen LogP contribution in [0.2, 0.25) is 0 Å². The highest BCUT2D eigenvalue weighted by atomic mass is 16.4. The van der Waals surface area contributed by atoms with Crippen molar-refractivity contribution in [1.82, 2.24) is 9.78 Å². The molecule has 0 aliphatic heterocycles. The zero-order valence-corrected chi connectivity index (χ0v) is 14.9. The van der Waals surface area contributed by atoms with Crippen molar-refractivity contribution in [3.05, 3.63) is 70.9 Å². The highest BCUT2D eigenvalue weighted by Gasteiger charge is 2.16. The number of benzene rings is 2. The predicted octanol–water partition coefficient (Wildman–Crippen LogP) is 4.98. The maximum atomic E-state index is 11.4. The number of carbonyl (C=O) groups is 1. The number of aryl methyl sites for hydroxylation is 2. The summed E-state index contributed by atoms with van der Waals surface area (Å²) in [5.74, 6) is -0.573. The molecule has 0 spiro atoms. The van der Waals surface area contributed by atoms with E-state index in [1.807, 2.05) is 37.3 Å². The molecule has 0 aliphatic carbocycles. The first-order valence-corrected chi connectivity index (χ1v) is 8.38. The first kappa shape index (κ1) is 17.0. The lowest BCUT2D eigenvalue weighted by Gasteiger charge is -2.11. The average Bonchev–Trinajstić information content (AvgIpc) is 3.03. The molecule has 3 aromatic rings. The smallest absolute Gasteiger partial charge is 0.356 e. The van der Waals surface area contributed by atoms with Gasteiger partial charge in [0.15, 0.2) is 5.69 Å². The normalized spacial score (nSPS) is 11.1. The molecule has 128 valence electrons. The lowest BCUT2D eigenvalue weighted by molar-refractivity contribution is 0.0690. The van der Waals surface area contributed by atoms with Crippen LogP contribution in [-0.4, -0.2) is 20.9 Å². The van der Waals surface area contributed by atoms with E-state index in [9.17, 15) is 9.90 Å². The third-order valence-electron chi connectivity index (χ3n) is 4.54. The molecule has 0 atom stereocenters. The topological polar surface area (TPSA) is 55.1 Å². The Morgan fingerprint density at radius 1 is 1.00 bits per heavy atom. The molecule has 0 radical (unpaired) electrons. The van der Waals surface area contributed by atoms with E-state index in [1.54, 1.807) is 10.7 Å². The van der Waals surface area contributed by atoms with Gasteiger partial charge in [0.25, 0.3) is 0 Å². The van der Waals surface area contributed by atoms with Crippen molar-refractivity contribution < 1.29 is 9.90 Å². The van der Waals surface area contributed by atoms with Gasteiger partial charge in [0.05, 0.1) is 11.4 Å². The molecule has 1 N–H and O–H groups in total. The maximum absolute atomic E-state index is 11.4. The van der Waals surface area contributed by atoms with Gasteiger partial charge in [-0.15, -0.1) is 0 Å². The third-order valence-corrected chi connectivity index (χ3v) is 4.54. The van der Waals surface area contributed by atoms with E-state index in [0.29, 0.717) is 5.92 Å². The van der Waals surface area contributed by atoms with E-state index >= 15 is 0 Å². The zero-order valence-electron chi connectivity index (χ0n) is 14.9. The van der Waals surface area contributed by atoms with Crippen LogP contribution in [0.1, 0.15) is 46.9 Å². The number of rotatable bonds is 4. The van der Waals surface area contributed by atoms with Crippen molar-refractivity contribution >= 4 is 5.97 Å². The number of hydrogen-bond acceptors (Lipinski definition) is 2. The van der Waals surface area contributed by atoms with Crippen LogP contribution in [0.15, 0.2) is 48.5 Å². The van der Waals surface area contributed by atoms with Crippen molar-refractivity contribution in [2.75, 3.05) is 0 Å². The van der Waals surface area contributed by atoms with Crippen LogP contribution < -0.4 is 0 Å². The molecule has 0 saturated heterocycles. The van der Waals surface area contributed by atoms with Crippen molar-refractivity contribution in [3.63, 3.8) is 0 Å². The van der Waals surface area contributed by atoms with Gasteiger partial charge in [-0.05, 0) is 54.7 Å². The summed E-state index contributed by atoms with van der Waals surface area (Å²) >= 11 is 0. The summed E-state index contributed by atoms with van der Waals surface area (Å²) in [7, 11) is 0.